The van der Waals surface area contributed by atoms with Crippen LogP contribution in [0.4, 0.5) is 4.79 Å². The predicted molar refractivity (Wildman–Crippen MR) is 86.6 cm³/mol. The minimum atomic E-state index is -0.598. The van der Waals surface area contributed by atoms with E-state index in [1.165, 1.54) is 12.7 Å². The van der Waals surface area contributed by atoms with Gasteiger partial charge in [-0.3, -0.25) is 0 Å². The number of esters is 1. The van der Waals surface area contributed by atoms with E-state index in [0.717, 1.165) is 12.8 Å². The molecule has 1 aromatic carbocycles. The second-order valence-electron chi connectivity index (χ2n) is 5.69. The predicted octanol–water partition coefficient (Wildman–Crippen LogP) is 2.51. The molecule has 1 atom stereocenters. The van der Waals surface area contributed by atoms with Crippen molar-refractivity contribution < 1.29 is 14.3 Å². The number of nitrogens with one attached hydrogen (secondary N) is 2. The van der Waals surface area contributed by atoms with Gasteiger partial charge in [0.05, 0.1) is 7.11 Å². The third-order valence-corrected chi connectivity index (χ3v) is 3.27. The Bertz CT molecular complexity index is 460. The van der Waals surface area contributed by atoms with Gasteiger partial charge < -0.3 is 15.4 Å². The van der Waals surface area contributed by atoms with Crippen LogP contribution in [0.5, 0.6) is 0 Å². The number of amides is 2. The standard InChI is InChI=1S/C17H26N2O3/c1-13(2)12-15(16(20)22-3)19-17(21)18-11-7-10-14-8-5-4-6-9-14/h4-6,8-9,13,15H,7,10-12H2,1-3H3,(H2,18,19,21)/t15-/m1/s1. The summed E-state index contributed by atoms with van der Waals surface area (Å²) < 4.78 is 4.72. The van der Waals surface area contributed by atoms with E-state index in [2.05, 4.69) is 22.8 Å². The number of aryl methyl sites for hydroxylation is 1. The Morgan fingerprint density at radius 1 is 1.18 bits per heavy atom. The molecule has 0 unspecified atom stereocenters. The normalized spacial score (nSPS) is 11.8. The van der Waals surface area contributed by atoms with E-state index in [0.29, 0.717) is 18.9 Å². The fourth-order valence-corrected chi connectivity index (χ4v) is 2.18. The van der Waals surface area contributed by atoms with Crippen molar-refractivity contribution in [3.05, 3.63) is 35.9 Å². The summed E-state index contributed by atoms with van der Waals surface area (Å²) in [5.41, 5.74) is 1.25. The molecular weight excluding hydrogens is 280 g/mol. The molecular formula is C17H26N2O3. The van der Waals surface area contributed by atoms with Crippen LogP contribution in [-0.2, 0) is 16.0 Å². The van der Waals surface area contributed by atoms with Gasteiger partial charge >= 0.3 is 12.0 Å². The van der Waals surface area contributed by atoms with Crippen LogP contribution in [0.1, 0.15) is 32.3 Å². The lowest BCUT2D eigenvalue weighted by Crippen LogP contribution is -2.47. The molecule has 0 fully saturated rings. The molecule has 0 aliphatic rings. The number of methoxy groups -OCH3 is 1. The number of hydrogen-bond acceptors (Lipinski definition) is 3. The fourth-order valence-electron chi connectivity index (χ4n) is 2.18. The molecule has 122 valence electrons. The smallest absolute Gasteiger partial charge is 0.328 e. The third kappa shape index (κ3) is 7.11. The Balaban J connectivity index is 2.29. The fraction of sp³-hybridized carbons (Fsp3) is 0.529. The zero-order valence-corrected chi connectivity index (χ0v) is 13.6. The molecule has 5 heteroatoms. The maximum atomic E-state index is 11.8. The summed E-state index contributed by atoms with van der Waals surface area (Å²) >= 11 is 0. The molecule has 0 radical (unpaired) electrons. The van der Waals surface area contributed by atoms with Crippen molar-refractivity contribution in [2.24, 2.45) is 5.92 Å². The van der Waals surface area contributed by atoms with Gasteiger partial charge in [0.15, 0.2) is 0 Å². The SMILES string of the molecule is COC(=O)[C@@H](CC(C)C)NC(=O)NCCCc1ccccc1. The van der Waals surface area contributed by atoms with Crippen molar-refractivity contribution in [2.45, 2.75) is 39.2 Å². The zero-order chi connectivity index (χ0) is 16.4. The Morgan fingerprint density at radius 2 is 1.86 bits per heavy atom. The average molecular weight is 306 g/mol. The van der Waals surface area contributed by atoms with Gasteiger partial charge in [0.25, 0.3) is 0 Å². The molecule has 0 heterocycles. The first-order valence-corrected chi connectivity index (χ1v) is 7.69. The van der Waals surface area contributed by atoms with Crippen LogP contribution < -0.4 is 10.6 Å². The number of urea groups is 1. The Labute approximate surface area is 132 Å². The highest BCUT2D eigenvalue weighted by Crippen LogP contribution is 2.06. The van der Waals surface area contributed by atoms with Crippen LogP contribution in [0, 0.1) is 5.92 Å². The highest BCUT2D eigenvalue weighted by molar-refractivity contribution is 5.83. The Morgan fingerprint density at radius 3 is 2.45 bits per heavy atom. The lowest BCUT2D eigenvalue weighted by atomic mass is 10.0. The molecule has 5 nitrogen and oxygen atoms in total. The van der Waals surface area contributed by atoms with Gasteiger partial charge in [0, 0.05) is 6.54 Å². The van der Waals surface area contributed by atoms with Crippen molar-refractivity contribution in [2.75, 3.05) is 13.7 Å². The highest BCUT2D eigenvalue weighted by Gasteiger charge is 2.22. The number of benzene rings is 1. The van der Waals surface area contributed by atoms with E-state index in [4.69, 9.17) is 4.74 Å². The first-order valence-electron chi connectivity index (χ1n) is 7.69. The molecule has 22 heavy (non-hydrogen) atoms. The molecule has 1 rings (SSSR count). The largest absolute Gasteiger partial charge is 0.467 e. The lowest BCUT2D eigenvalue weighted by molar-refractivity contribution is -0.143. The van der Waals surface area contributed by atoms with E-state index in [1.54, 1.807) is 0 Å². The summed E-state index contributed by atoms with van der Waals surface area (Å²) in [5, 5.41) is 5.45. The van der Waals surface area contributed by atoms with Crippen LogP contribution >= 0.6 is 0 Å². The highest BCUT2D eigenvalue weighted by atomic mass is 16.5. The minimum absolute atomic E-state index is 0.294. The van der Waals surface area contributed by atoms with Gasteiger partial charge in [-0.25, -0.2) is 9.59 Å². The monoisotopic (exact) mass is 306 g/mol. The topological polar surface area (TPSA) is 67.4 Å². The third-order valence-electron chi connectivity index (χ3n) is 3.27. The Hall–Kier alpha value is -2.04. The number of carbonyl (C=O) groups excluding carboxylic acids is 2. The van der Waals surface area contributed by atoms with Gasteiger partial charge in [-0.2, -0.15) is 0 Å². The molecule has 0 bridgehead atoms. The summed E-state index contributed by atoms with van der Waals surface area (Å²) in [7, 11) is 1.33. The Kier molecular flexibility index (Phi) is 8.04. The van der Waals surface area contributed by atoms with E-state index in [1.807, 2.05) is 32.0 Å². The van der Waals surface area contributed by atoms with Gasteiger partial charge in [-0.05, 0) is 30.7 Å². The van der Waals surface area contributed by atoms with E-state index < -0.39 is 12.0 Å². The molecule has 0 saturated heterocycles. The van der Waals surface area contributed by atoms with Crippen LogP contribution in [0.3, 0.4) is 0 Å². The van der Waals surface area contributed by atoms with Crippen molar-refractivity contribution >= 4 is 12.0 Å². The number of rotatable bonds is 8. The number of carbonyl (C=O) groups is 2. The van der Waals surface area contributed by atoms with Crippen molar-refractivity contribution in [3.8, 4) is 0 Å². The number of ether oxygens (including phenoxy) is 1. The maximum absolute atomic E-state index is 11.8. The summed E-state index contributed by atoms with van der Waals surface area (Å²) in [6, 6.07) is 9.19. The van der Waals surface area contributed by atoms with Crippen LogP contribution in [0.2, 0.25) is 0 Å². The van der Waals surface area contributed by atoms with Crippen molar-refractivity contribution in [3.63, 3.8) is 0 Å². The second kappa shape index (κ2) is 9.82. The minimum Gasteiger partial charge on any atom is -0.467 e. The van der Waals surface area contributed by atoms with E-state index in [9.17, 15) is 9.59 Å². The summed E-state index contributed by atoms with van der Waals surface area (Å²) in [6.45, 7) is 4.56. The van der Waals surface area contributed by atoms with Gasteiger partial charge in [0.1, 0.15) is 6.04 Å². The van der Waals surface area contributed by atoms with Gasteiger partial charge in [-0.15, -0.1) is 0 Å². The molecule has 1 aromatic rings. The van der Waals surface area contributed by atoms with Crippen molar-refractivity contribution in [1.82, 2.24) is 10.6 Å². The zero-order valence-electron chi connectivity index (χ0n) is 13.6. The number of hydrogen-bond donors (Lipinski definition) is 2. The van der Waals surface area contributed by atoms with Crippen LogP contribution in [0.25, 0.3) is 0 Å². The van der Waals surface area contributed by atoms with Gasteiger partial charge in [0.2, 0.25) is 0 Å². The second-order valence-corrected chi connectivity index (χ2v) is 5.69. The van der Waals surface area contributed by atoms with E-state index >= 15 is 0 Å². The molecule has 0 aromatic heterocycles. The molecule has 0 aliphatic carbocycles. The summed E-state index contributed by atoms with van der Waals surface area (Å²) in [4.78, 5) is 23.5. The van der Waals surface area contributed by atoms with Crippen molar-refractivity contribution in [1.29, 1.82) is 0 Å². The molecule has 0 aliphatic heterocycles. The first-order chi connectivity index (χ1) is 10.5. The maximum Gasteiger partial charge on any atom is 0.328 e. The van der Waals surface area contributed by atoms with Crippen LogP contribution in [0.15, 0.2) is 30.3 Å². The van der Waals surface area contributed by atoms with Gasteiger partial charge in [-0.1, -0.05) is 44.2 Å². The molecule has 2 amide bonds. The quantitative estimate of drug-likeness (QED) is 0.573. The molecule has 0 saturated carbocycles. The summed E-state index contributed by atoms with van der Waals surface area (Å²) in [5.74, 6) is -0.115. The van der Waals surface area contributed by atoms with E-state index in [-0.39, 0.29) is 6.03 Å². The molecule has 2 N–H and O–H groups in total. The lowest BCUT2D eigenvalue weighted by Gasteiger charge is -2.18. The first kappa shape index (κ1) is 18.0. The summed E-state index contributed by atoms with van der Waals surface area (Å²) in [6.07, 6.45) is 2.32. The molecule has 0 spiro atoms. The van der Waals surface area contributed by atoms with Crippen LogP contribution in [-0.4, -0.2) is 31.7 Å². The average Bonchev–Trinajstić information content (AvgIpc) is 2.50.